The molecule has 0 bridgehead atoms. The topological polar surface area (TPSA) is 41.6 Å². The second-order valence-electron chi connectivity index (χ2n) is 6.08. The summed E-state index contributed by atoms with van der Waals surface area (Å²) in [7, 11) is 0. The number of hydrogen-bond acceptors (Lipinski definition) is 3. The number of likely N-dealkylation sites (tertiary alicyclic amines) is 1. The Morgan fingerprint density at radius 3 is 2.67 bits per heavy atom. The first-order valence-electron chi connectivity index (χ1n) is 7.24. The van der Waals surface area contributed by atoms with Crippen molar-refractivity contribution in [3.05, 3.63) is 0 Å². The maximum atomic E-state index is 11.9. The number of hydrogen-bond donors (Lipinski definition) is 1. The fraction of sp³-hybridized carbons (Fsp3) is 0.929. The van der Waals surface area contributed by atoms with E-state index in [-0.39, 0.29) is 12.0 Å². The lowest BCUT2D eigenvalue weighted by Gasteiger charge is -2.34. The van der Waals surface area contributed by atoms with Crippen molar-refractivity contribution >= 4 is 5.91 Å². The van der Waals surface area contributed by atoms with Crippen molar-refractivity contribution < 1.29 is 9.53 Å². The summed E-state index contributed by atoms with van der Waals surface area (Å²) < 4.78 is 5.50. The van der Waals surface area contributed by atoms with E-state index in [2.05, 4.69) is 24.1 Å². The summed E-state index contributed by atoms with van der Waals surface area (Å²) in [6.07, 6.45) is 3.74. The van der Waals surface area contributed by atoms with E-state index >= 15 is 0 Å². The summed E-state index contributed by atoms with van der Waals surface area (Å²) in [6, 6.07) is 0. The summed E-state index contributed by atoms with van der Waals surface area (Å²) in [5, 5.41) is 3.00. The summed E-state index contributed by atoms with van der Waals surface area (Å²) in [6.45, 7) is 8.72. The second kappa shape index (κ2) is 6.53. The van der Waals surface area contributed by atoms with Crippen LogP contribution in [0.25, 0.3) is 0 Å². The van der Waals surface area contributed by atoms with Gasteiger partial charge in [-0.15, -0.1) is 0 Å². The minimum absolute atomic E-state index is 0.145. The number of nitrogens with one attached hydrogen (secondary N) is 1. The molecule has 0 spiro atoms. The molecule has 0 saturated carbocycles. The lowest BCUT2D eigenvalue weighted by Crippen LogP contribution is -2.45. The molecule has 2 aliphatic heterocycles. The van der Waals surface area contributed by atoms with Crippen LogP contribution in [0.2, 0.25) is 0 Å². The monoisotopic (exact) mass is 254 g/mol. The molecule has 0 aromatic rings. The van der Waals surface area contributed by atoms with E-state index in [1.54, 1.807) is 0 Å². The van der Waals surface area contributed by atoms with E-state index in [4.69, 9.17) is 4.74 Å². The van der Waals surface area contributed by atoms with Crippen LogP contribution in [0.15, 0.2) is 0 Å². The molecule has 104 valence electrons. The van der Waals surface area contributed by atoms with Gasteiger partial charge in [0.1, 0.15) is 0 Å². The molecule has 2 saturated heterocycles. The van der Waals surface area contributed by atoms with Crippen LogP contribution in [0, 0.1) is 11.8 Å². The first kappa shape index (κ1) is 13.8. The highest BCUT2D eigenvalue weighted by atomic mass is 16.5. The van der Waals surface area contributed by atoms with Crippen molar-refractivity contribution in [3.63, 3.8) is 0 Å². The third-order valence-electron chi connectivity index (χ3n) is 3.86. The molecule has 2 aliphatic rings. The van der Waals surface area contributed by atoms with Gasteiger partial charge in [0.05, 0.1) is 12.6 Å². The van der Waals surface area contributed by atoms with Gasteiger partial charge in [-0.05, 0) is 31.1 Å². The van der Waals surface area contributed by atoms with Crippen molar-refractivity contribution in [1.29, 1.82) is 0 Å². The molecule has 0 aromatic carbocycles. The molecule has 0 radical (unpaired) electrons. The van der Waals surface area contributed by atoms with Gasteiger partial charge in [0, 0.05) is 26.2 Å². The number of amides is 1. The quantitative estimate of drug-likeness (QED) is 0.821. The van der Waals surface area contributed by atoms with Crippen molar-refractivity contribution in [3.8, 4) is 0 Å². The molecule has 2 fully saturated rings. The van der Waals surface area contributed by atoms with Crippen LogP contribution in [0.5, 0.6) is 0 Å². The smallest absolute Gasteiger partial charge is 0.234 e. The van der Waals surface area contributed by atoms with Crippen LogP contribution in [0.1, 0.15) is 33.1 Å². The average molecular weight is 254 g/mol. The first-order valence-corrected chi connectivity index (χ1v) is 7.24. The molecular formula is C14H26N2O2. The van der Waals surface area contributed by atoms with Gasteiger partial charge in [0.15, 0.2) is 0 Å². The zero-order valence-corrected chi connectivity index (χ0v) is 11.7. The van der Waals surface area contributed by atoms with Gasteiger partial charge in [-0.25, -0.2) is 0 Å². The zero-order valence-electron chi connectivity index (χ0n) is 11.7. The van der Waals surface area contributed by atoms with Crippen LogP contribution in [0.4, 0.5) is 0 Å². The molecule has 1 amide bonds. The van der Waals surface area contributed by atoms with Crippen LogP contribution in [-0.2, 0) is 9.53 Å². The number of carbonyl (C=O) groups excluding carboxylic acids is 1. The number of rotatable bonds is 4. The minimum atomic E-state index is 0.145. The van der Waals surface area contributed by atoms with E-state index in [1.165, 1.54) is 6.42 Å². The van der Waals surface area contributed by atoms with Gasteiger partial charge in [0.2, 0.25) is 5.91 Å². The Hall–Kier alpha value is -0.610. The Morgan fingerprint density at radius 2 is 2.06 bits per heavy atom. The van der Waals surface area contributed by atoms with Crippen molar-refractivity contribution in [1.82, 2.24) is 10.2 Å². The summed E-state index contributed by atoms with van der Waals surface area (Å²) >= 11 is 0. The first-order chi connectivity index (χ1) is 8.63. The molecule has 3 unspecified atom stereocenters. The highest BCUT2D eigenvalue weighted by Crippen LogP contribution is 2.20. The largest absolute Gasteiger partial charge is 0.376 e. The molecule has 0 aromatic heterocycles. The lowest BCUT2D eigenvalue weighted by atomic mass is 9.92. The molecule has 1 N–H and O–H groups in total. The molecule has 2 heterocycles. The van der Waals surface area contributed by atoms with Crippen LogP contribution in [0.3, 0.4) is 0 Å². The highest BCUT2D eigenvalue weighted by molar-refractivity contribution is 5.78. The fourth-order valence-electron chi connectivity index (χ4n) is 3.21. The van der Waals surface area contributed by atoms with Crippen molar-refractivity contribution in [2.75, 3.05) is 32.8 Å². The van der Waals surface area contributed by atoms with E-state index in [0.717, 1.165) is 32.5 Å². The number of carbonyl (C=O) groups is 1. The number of piperidine rings is 1. The molecule has 4 nitrogen and oxygen atoms in total. The summed E-state index contributed by atoms with van der Waals surface area (Å²) in [4.78, 5) is 14.2. The third kappa shape index (κ3) is 4.25. The molecule has 0 aliphatic carbocycles. The maximum absolute atomic E-state index is 11.9. The maximum Gasteiger partial charge on any atom is 0.234 e. The van der Waals surface area contributed by atoms with E-state index in [9.17, 15) is 4.79 Å². The fourth-order valence-corrected chi connectivity index (χ4v) is 3.21. The number of nitrogens with zero attached hydrogens (tertiary/aromatic N) is 1. The third-order valence-corrected chi connectivity index (χ3v) is 3.86. The van der Waals surface area contributed by atoms with E-state index < -0.39 is 0 Å². The Morgan fingerprint density at radius 1 is 1.33 bits per heavy atom. The molecule has 3 atom stereocenters. The minimum Gasteiger partial charge on any atom is -0.376 e. The van der Waals surface area contributed by atoms with E-state index in [1.807, 2.05) is 0 Å². The van der Waals surface area contributed by atoms with Crippen LogP contribution in [-0.4, -0.2) is 49.7 Å². The van der Waals surface area contributed by atoms with Gasteiger partial charge < -0.3 is 10.1 Å². The molecule has 2 rings (SSSR count). The average Bonchev–Trinajstić information content (AvgIpc) is 2.77. The van der Waals surface area contributed by atoms with Crippen LogP contribution < -0.4 is 5.32 Å². The van der Waals surface area contributed by atoms with Gasteiger partial charge >= 0.3 is 0 Å². The normalized spacial score (nSPS) is 33.6. The summed E-state index contributed by atoms with van der Waals surface area (Å²) in [5.74, 6) is 1.56. The molecular weight excluding hydrogens is 228 g/mol. The summed E-state index contributed by atoms with van der Waals surface area (Å²) in [5.41, 5.74) is 0. The van der Waals surface area contributed by atoms with Gasteiger partial charge in [0.25, 0.3) is 0 Å². The lowest BCUT2D eigenvalue weighted by molar-refractivity contribution is -0.123. The Kier molecular flexibility index (Phi) is 5.01. The predicted molar refractivity (Wildman–Crippen MR) is 71.4 cm³/mol. The Balaban J connectivity index is 1.66. The number of ether oxygens (including phenoxy) is 1. The predicted octanol–water partition coefficient (Wildman–Crippen LogP) is 1.26. The van der Waals surface area contributed by atoms with Gasteiger partial charge in [-0.2, -0.15) is 0 Å². The van der Waals surface area contributed by atoms with Crippen molar-refractivity contribution in [2.45, 2.75) is 39.2 Å². The van der Waals surface area contributed by atoms with E-state index in [0.29, 0.717) is 24.9 Å². The Bertz CT molecular complexity index is 267. The standard InChI is InChI=1S/C14H26N2O2/c1-11-6-12(2)9-16(8-11)10-14(17)15-7-13-4-3-5-18-13/h11-13H,3-10H2,1-2H3,(H,15,17). The van der Waals surface area contributed by atoms with Crippen molar-refractivity contribution in [2.24, 2.45) is 11.8 Å². The second-order valence-corrected chi connectivity index (χ2v) is 6.08. The molecule has 4 heteroatoms. The van der Waals surface area contributed by atoms with Gasteiger partial charge in [-0.3, -0.25) is 9.69 Å². The van der Waals surface area contributed by atoms with Gasteiger partial charge in [-0.1, -0.05) is 13.8 Å². The Labute approximate surface area is 110 Å². The highest BCUT2D eigenvalue weighted by Gasteiger charge is 2.23. The zero-order chi connectivity index (χ0) is 13.0. The van der Waals surface area contributed by atoms with Crippen LogP contribution >= 0.6 is 0 Å². The SMILES string of the molecule is CC1CC(C)CN(CC(=O)NCC2CCCO2)C1. The molecule has 18 heavy (non-hydrogen) atoms.